The summed E-state index contributed by atoms with van der Waals surface area (Å²) in [6.07, 6.45) is -4.83. The Morgan fingerprint density at radius 1 is 1.14 bits per heavy atom. The van der Waals surface area contributed by atoms with E-state index in [1.54, 1.807) is 24.3 Å². The fourth-order valence-corrected chi connectivity index (χ4v) is 3.60. The highest BCUT2D eigenvalue weighted by Crippen LogP contribution is 2.23. The van der Waals surface area contributed by atoms with Gasteiger partial charge in [-0.15, -0.1) is 13.2 Å². The highest BCUT2D eigenvalue weighted by atomic mass is 32.1. The molecule has 0 spiro atoms. The van der Waals surface area contributed by atoms with Gasteiger partial charge in [-0.1, -0.05) is 23.5 Å². The average molecular weight is 410 g/mol. The van der Waals surface area contributed by atoms with Crippen molar-refractivity contribution in [1.82, 2.24) is 4.57 Å². The van der Waals surface area contributed by atoms with Crippen molar-refractivity contribution in [2.75, 3.05) is 0 Å². The third-order valence-corrected chi connectivity index (χ3v) is 4.84. The molecule has 28 heavy (non-hydrogen) atoms. The van der Waals surface area contributed by atoms with Gasteiger partial charge in [0.25, 0.3) is 5.91 Å². The molecule has 6 nitrogen and oxygen atoms in total. The zero-order chi connectivity index (χ0) is 20.5. The number of carboxylic acids is 1. The Kier molecular flexibility index (Phi) is 5.23. The molecular formula is C18H13F3N2O4S. The van der Waals surface area contributed by atoms with E-state index in [9.17, 15) is 27.9 Å². The highest BCUT2D eigenvalue weighted by molar-refractivity contribution is 7.16. The molecule has 0 saturated heterocycles. The lowest BCUT2D eigenvalue weighted by Gasteiger charge is -2.10. The minimum Gasteiger partial charge on any atom is -0.480 e. The van der Waals surface area contributed by atoms with E-state index in [1.165, 1.54) is 11.5 Å². The van der Waals surface area contributed by atoms with E-state index in [0.717, 1.165) is 40.3 Å². The first kappa shape index (κ1) is 19.6. The van der Waals surface area contributed by atoms with Crippen LogP contribution in [0.3, 0.4) is 0 Å². The predicted molar refractivity (Wildman–Crippen MR) is 95.2 cm³/mol. The van der Waals surface area contributed by atoms with E-state index in [2.05, 4.69) is 9.73 Å². The number of carboxylic acid groups (broad SMARTS) is 1. The summed E-state index contributed by atoms with van der Waals surface area (Å²) in [7, 11) is 0. The summed E-state index contributed by atoms with van der Waals surface area (Å²) in [5, 5.41) is 9.36. The number of rotatable bonds is 4. The maximum Gasteiger partial charge on any atom is 0.573 e. The van der Waals surface area contributed by atoms with Crippen LogP contribution < -0.4 is 9.54 Å². The molecule has 146 valence electrons. The zero-order valence-electron chi connectivity index (χ0n) is 14.3. The summed E-state index contributed by atoms with van der Waals surface area (Å²) in [4.78, 5) is 28.1. The smallest absolute Gasteiger partial charge is 0.480 e. The lowest BCUT2D eigenvalue weighted by Crippen LogP contribution is -2.25. The Hall–Kier alpha value is -3.14. The summed E-state index contributed by atoms with van der Waals surface area (Å²) in [5.74, 6) is -2.26. The monoisotopic (exact) mass is 410 g/mol. The molecule has 0 bridgehead atoms. The number of carbonyl (C=O) groups excluding carboxylic acids is 1. The number of benzene rings is 2. The number of amides is 1. The van der Waals surface area contributed by atoms with Crippen LogP contribution in [0.4, 0.5) is 13.2 Å². The van der Waals surface area contributed by atoms with Crippen molar-refractivity contribution in [1.29, 1.82) is 0 Å². The molecule has 10 heteroatoms. The minimum atomic E-state index is -4.83. The molecule has 3 rings (SSSR count). The number of hydrogen-bond donors (Lipinski definition) is 1. The predicted octanol–water partition coefficient (Wildman–Crippen LogP) is 3.99. The van der Waals surface area contributed by atoms with Gasteiger partial charge in [0.1, 0.15) is 11.8 Å². The standard InChI is InChI=1S/C18H13F3N2O4S/c1-10(16(25)26)23-13-4-2-3-5-14(13)28-17(23)22-15(24)11-6-8-12(9-7-11)27-18(19,20)21/h2-10H,1H3,(H,25,26). The molecule has 0 saturated carbocycles. The molecule has 3 aromatic rings. The largest absolute Gasteiger partial charge is 0.573 e. The van der Waals surface area contributed by atoms with E-state index >= 15 is 0 Å². The number of hydrogen-bond acceptors (Lipinski definition) is 4. The van der Waals surface area contributed by atoms with Gasteiger partial charge < -0.3 is 14.4 Å². The van der Waals surface area contributed by atoms with Crippen LogP contribution in [0.5, 0.6) is 5.75 Å². The number of aromatic nitrogens is 1. The van der Waals surface area contributed by atoms with Crippen LogP contribution >= 0.6 is 11.3 Å². The number of alkyl halides is 3. The topological polar surface area (TPSA) is 80.9 Å². The van der Waals surface area contributed by atoms with Gasteiger partial charge in [-0.25, -0.2) is 4.79 Å². The number of para-hydroxylation sites is 1. The van der Waals surface area contributed by atoms with Crippen molar-refractivity contribution in [3.63, 3.8) is 0 Å². The summed E-state index contributed by atoms with van der Waals surface area (Å²) in [5.41, 5.74) is 0.657. The fourth-order valence-electron chi connectivity index (χ4n) is 2.51. The molecule has 0 radical (unpaired) electrons. The quantitative estimate of drug-likeness (QED) is 0.705. The van der Waals surface area contributed by atoms with Crippen LogP contribution in [0.25, 0.3) is 10.2 Å². The summed E-state index contributed by atoms with van der Waals surface area (Å²) < 4.78 is 42.6. The lowest BCUT2D eigenvalue weighted by molar-refractivity contribution is -0.274. The molecule has 2 aromatic carbocycles. The van der Waals surface area contributed by atoms with Gasteiger partial charge in [-0.05, 0) is 43.3 Å². The summed E-state index contributed by atoms with van der Waals surface area (Å²) in [6.45, 7) is 1.47. The van der Waals surface area contributed by atoms with Crippen molar-refractivity contribution in [2.45, 2.75) is 19.3 Å². The van der Waals surface area contributed by atoms with E-state index in [-0.39, 0.29) is 10.4 Å². The van der Waals surface area contributed by atoms with E-state index in [0.29, 0.717) is 5.52 Å². The van der Waals surface area contributed by atoms with Gasteiger partial charge in [-0.3, -0.25) is 4.79 Å². The highest BCUT2D eigenvalue weighted by Gasteiger charge is 2.31. The van der Waals surface area contributed by atoms with Gasteiger partial charge in [0.15, 0.2) is 4.80 Å². The minimum absolute atomic E-state index is 0.0431. The van der Waals surface area contributed by atoms with Crippen molar-refractivity contribution < 1.29 is 32.6 Å². The van der Waals surface area contributed by atoms with Gasteiger partial charge in [-0.2, -0.15) is 4.99 Å². The van der Waals surface area contributed by atoms with Crippen LogP contribution in [0, 0.1) is 0 Å². The lowest BCUT2D eigenvalue weighted by atomic mass is 10.2. The Morgan fingerprint density at radius 2 is 1.79 bits per heavy atom. The number of halogens is 3. The maximum absolute atomic E-state index is 12.4. The second-order valence-electron chi connectivity index (χ2n) is 5.73. The van der Waals surface area contributed by atoms with Crippen LogP contribution in [0.15, 0.2) is 53.5 Å². The van der Waals surface area contributed by atoms with Crippen molar-refractivity contribution in [3.05, 3.63) is 58.9 Å². The normalized spacial score (nSPS) is 13.5. The Morgan fingerprint density at radius 3 is 2.39 bits per heavy atom. The first-order chi connectivity index (χ1) is 13.2. The van der Waals surface area contributed by atoms with Crippen LogP contribution in [-0.4, -0.2) is 27.9 Å². The number of aliphatic carboxylic acids is 1. The second-order valence-corrected chi connectivity index (χ2v) is 6.73. The first-order valence-electron chi connectivity index (χ1n) is 7.93. The molecular weight excluding hydrogens is 397 g/mol. The van der Waals surface area contributed by atoms with Crippen molar-refractivity contribution >= 4 is 33.4 Å². The van der Waals surface area contributed by atoms with Gasteiger partial charge in [0.05, 0.1) is 10.2 Å². The number of ether oxygens (including phenoxy) is 1. The Balaban J connectivity index is 2.01. The SMILES string of the molecule is CC(C(=O)O)n1c(=NC(=O)c2ccc(OC(F)(F)F)cc2)sc2ccccc21. The molecule has 0 aliphatic rings. The molecule has 1 aromatic heterocycles. The number of nitrogens with zero attached hydrogens (tertiary/aromatic N) is 2. The summed E-state index contributed by atoms with van der Waals surface area (Å²) in [6, 6.07) is 10.4. The molecule has 0 aliphatic carbocycles. The molecule has 0 fully saturated rings. The second kappa shape index (κ2) is 7.47. The zero-order valence-corrected chi connectivity index (χ0v) is 15.1. The van der Waals surface area contributed by atoms with E-state index in [4.69, 9.17) is 0 Å². The number of carbonyl (C=O) groups is 2. The third kappa shape index (κ3) is 4.22. The number of fused-ring (bicyclic) bond motifs is 1. The van der Waals surface area contributed by atoms with Crippen molar-refractivity contribution in [3.8, 4) is 5.75 Å². The Labute approximate surface area is 160 Å². The first-order valence-corrected chi connectivity index (χ1v) is 8.75. The third-order valence-electron chi connectivity index (χ3n) is 3.81. The van der Waals surface area contributed by atoms with Crippen molar-refractivity contribution in [2.24, 2.45) is 4.99 Å². The number of thiazole rings is 1. The molecule has 0 aliphatic heterocycles. The van der Waals surface area contributed by atoms with Gasteiger partial charge >= 0.3 is 12.3 Å². The molecule has 1 atom stereocenters. The fraction of sp³-hybridized carbons (Fsp3) is 0.167. The van der Waals surface area contributed by atoms with Gasteiger partial charge in [0.2, 0.25) is 0 Å². The Bertz CT molecular complexity index is 1100. The van der Waals surface area contributed by atoms with Crippen LogP contribution in [0.1, 0.15) is 23.3 Å². The molecule has 1 amide bonds. The average Bonchev–Trinajstić information content (AvgIpc) is 2.97. The molecule has 1 unspecified atom stereocenters. The molecule has 1 heterocycles. The van der Waals surface area contributed by atoms with Crippen LogP contribution in [-0.2, 0) is 4.79 Å². The molecule has 1 N–H and O–H groups in total. The van der Waals surface area contributed by atoms with Crippen LogP contribution in [0.2, 0.25) is 0 Å². The maximum atomic E-state index is 12.4. The summed E-state index contributed by atoms with van der Waals surface area (Å²) >= 11 is 1.14. The van der Waals surface area contributed by atoms with E-state index < -0.39 is 30.0 Å². The van der Waals surface area contributed by atoms with Gasteiger partial charge in [0, 0.05) is 5.56 Å². The van der Waals surface area contributed by atoms with E-state index in [1.807, 2.05) is 0 Å².